The summed E-state index contributed by atoms with van der Waals surface area (Å²) in [6.07, 6.45) is -0.458. The Balaban J connectivity index is 1.52. The Kier molecular flexibility index (Phi) is 4.90. The number of nitrogens with zero attached hydrogens (tertiary/aromatic N) is 1. The Hall–Kier alpha value is -2.93. The standard InChI is InChI=1S/C19H20N2O5/c1-11-9-15(12(2)26-11)16(22)7-8-20-17(23)10-21-18(24)13-5-3-4-6-14(13)19(21)25/h3-6,9,16,22H,7-8,10H2,1-2H3,(H,20,23). The predicted molar refractivity (Wildman–Crippen MR) is 92.6 cm³/mol. The molecule has 0 saturated heterocycles. The fraction of sp³-hybridized carbons (Fsp3) is 0.316. The molecule has 1 atom stereocenters. The average molecular weight is 356 g/mol. The quantitative estimate of drug-likeness (QED) is 0.768. The lowest BCUT2D eigenvalue weighted by Gasteiger charge is -2.14. The summed E-state index contributed by atoms with van der Waals surface area (Å²) < 4.78 is 5.38. The Morgan fingerprint density at radius 1 is 1.19 bits per heavy atom. The predicted octanol–water partition coefficient (Wildman–Crippen LogP) is 1.73. The number of aliphatic hydroxyl groups excluding tert-OH is 1. The van der Waals surface area contributed by atoms with E-state index in [2.05, 4.69) is 5.32 Å². The van der Waals surface area contributed by atoms with E-state index in [1.54, 1.807) is 44.2 Å². The molecule has 2 N–H and O–H groups in total. The van der Waals surface area contributed by atoms with Gasteiger partial charge in [0.05, 0.1) is 17.2 Å². The Bertz CT molecular complexity index is 836. The van der Waals surface area contributed by atoms with Crippen molar-refractivity contribution >= 4 is 17.7 Å². The molecule has 0 saturated carbocycles. The summed E-state index contributed by atoms with van der Waals surface area (Å²) in [4.78, 5) is 37.5. The first-order valence-corrected chi connectivity index (χ1v) is 8.35. The molecule has 1 aromatic heterocycles. The van der Waals surface area contributed by atoms with Crippen LogP contribution in [0.5, 0.6) is 0 Å². The topological polar surface area (TPSA) is 99.9 Å². The van der Waals surface area contributed by atoms with E-state index in [4.69, 9.17) is 4.42 Å². The number of nitrogens with one attached hydrogen (secondary N) is 1. The molecule has 7 nitrogen and oxygen atoms in total. The summed E-state index contributed by atoms with van der Waals surface area (Å²) in [5, 5.41) is 12.8. The number of carbonyl (C=O) groups excluding carboxylic acids is 3. The van der Waals surface area contributed by atoms with Crippen molar-refractivity contribution in [2.45, 2.75) is 26.4 Å². The minimum Gasteiger partial charge on any atom is -0.466 e. The van der Waals surface area contributed by atoms with Crippen LogP contribution in [0.4, 0.5) is 0 Å². The second-order valence-electron chi connectivity index (χ2n) is 6.27. The highest BCUT2D eigenvalue weighted by molar-refractivity contribution is 6.22. The lowest BCUT2D eigenvalue weighted by molar-refractivity contribution is -0.121. The van der Waals surface area contributed by atoms with Crippen molar-refractivity contribution < 1.29 is 23.9 Å². The van der Waals surface area contributed by atoms with Crippen molar-refractivity contribution in [3.05, 3.63) is 58.5 Å². The number of carbonyl (C=O) groups is 3. The summed E-state index contributed by atoms with van der Waals surface area (Å²) in [7, 11) is 0. The first-order chi connectivity index (χ1) is 12.4. The van der Waals surface area contributed by atoms with Crippen LogP contribution in [0.3, 0.4) is 0 Å². The highest BCUT2D eigenvalue weighted by Crippen LogP contribution is 2.24. The second kappa shape index (κ2) is 7.13. The third kappa shape index (κ3) is 3.39. The highest BCUT2D eigenvalue weighted by atomic mass is 16.3. The maximum Gasteiger partial charge on any atom is 0.262 e. The fourth-order valence-electron chi connectivity index (χ4n) is 3.07. The van der Waals surface area contributed by atoms with Crippen molar-refractivity contribution in [1.82, 2.24) is 10.2 Å². The Morgan fingerprint density at radius 2 is 1.81 bits per heavy atom. The maximum absolute atomic E-state index is 12.2. The van der Waals surface area contributed by atoms with Crippen LogP contribution in [0.2, 0.25) is 0 Å². The monoisotopic (exact) mass is 356 g/mol. The Labute approximate surface area is 150 Å². The fourth-order valence-corrected chi connectivity index (χ4v) is 3.07. The molecule has 0 fully saturated rings. The molecule has 26 heavy (non-hydrogen) atoms. The van der Waals surface area contributed by atoms with Crippen molar-refractivity contribution in [2.75, 3.05) is 13.1 Å². The van der Waals surface area contributed by atoms with Gasteiger partial charge in [0.1, 0.15) is 18.1 Å². The Morgan fingerprint density at radius 3 is 2.35 bits per heavy atom. The first kappa shape index (κ1) is 17.9. The molecule has 2 heterocycles. The van der Waals surface area contributed by atoms with Crippen LogP contribution in [0.1, 0.15) is 50.3 Å². The van der Waals surface area contributed by atoms with Gasteiger partial charge in [-0.15, -0.1) is 0 Å². The van der Waals surface area contributed by atoms with Crippen LogP contribution in [-0.2, 0) is 4.79 Å². The molecule has 1 aliphatic rings. The number of aliphatic hydroxyl groups is 1. The summed E-state index contributed by atoms with van der Waals surface area (Å²) in [6, 6.07) is 8.25. The van der Waals surface area contributed by atoms with Crippen LogP contribution < -0.4 is 5.32 Å². The molecular weight excluding hydrogens is 336 g/mol. The molecule has 1 aliphatic heterocycles. The minimum absolute atomic E-state index is 0.215. The summed E-state index contributed by atoms with van der Waals surface area (Å²) in [5.74, 6) is -0.0269. The van der Waals surface area contributed by atoms with E-state index in [0.29, 0.717) is 34.6 Å². The average Bonchev–Trinajstić information content (AvgIpc) is 3.07. The van der Waals surface area contributed by atoms with Crippen molar-refractivity contribution in [3.8, 4) is 0 Å². The zero-order chi connectivity index (χ0) is 18.8. The molecule has 1 aromatic carbocycles. The second-order valence-corrected chi connectivity index (χ2v) is 6.27. The zero-order valence-electron chi connectivity index (χ0n) is 14.6. The van der Waals surface area contributed by atoms with E-state index in [1.807, 2.05) is 0 Å². The third-order valence-corrected chi connectivity index (χ3v) is 4.36. The van der Waals surface area contributed by atoms with Crippen molar-refractivity contribution in [2.24, 2.45) is 0 Å². The van der Waals surface area contributed by atoms with Gasteiger partial charge >= 0.3 is 0 Å². The highest BCUT2D eigenvalue weighted by Gasteiger charge is 2.36. The molecule has 3 rings (SSSR count). The van der Waals surface area contributed by atoms with E-state index in [0.717, 1.165) is 4.90 Å². The van der Waals surface area contributed by atoms with Gasteiger partial charge in [0.25, 0.3) is 11.8 Å². The molecule has 0 spiro atoms. The maximum atomic E-state index is 12.2. The summed E-state index contributed by atoms with van der Waals surface area (Å²) >= 11 is 0. The number of benzene rings is 1. The van der Waals surface area contributed by atoms with E-state index in [-0.39, 0.29) is 13.1 Å². The molecule has 0 aliphatic carbocycles. The number of rotatable bonds is 6. The minimum atomic E-state index is -0.757. The van der Waals surface area contributed by atoms with Gasteiger partial charge in [0.15, 0.2) is 0 Å². The van der Waals surface area contributed by atoms with Gasteiger partial charge in [-0.2, -0.15) is 0 Å². The largest absolute Gasteiger partial charge is 0.466 e. The van der Waals surface area contributed by atoms with Crippen molar-refractivity contribution in [3.63, 3.8) is 0 Å². The van der Waals surface area contributed by atoms with Crippen LogP contribution in [-0.4, -0.2) is 40.8 Å². The van der Waals surface area contributed by atoms with Gasteiger partial charge in [-0.3, -0.25) is 19.3 Å². The summed E-state index contributed by atoms with van der Waals surface area (Å²) in [5.41, 5.74) is 1.31. The number of aryl methyl sites for hydroxylation is 2. The molecule has 7 heteroatoms. The third-order valence-electron chi connectivity index (χ3n) is 4.36. The number of fused-ring (bicyclic) bond motifs is 1. The normalized spacial score (nSPS) is 14.5. The number of amides is 3. The first-order valence-electron chi connectivity index (χ1n) is 8.35. The smallest absolute Gasteiger partial charge is 0.262 e. The molecule has 0 bridgehead atoms. The molecular formula is C19H20N2O5. The number of hydrogen-bond donors (Lipinski definition) is 2. The molecule has 2 aromatic rings. The summed E-state index contributed by atoms with van der Waals surface area (Å²) in [6.45, 7) is 3.44. The van der Waals surface area contributed by atoms with Crippen LogP contribution in [0.25, 0.3) is 0 Å². The van der Waals surface area contributed by atoms with E-state index < -0.39 is 23.8 Å². The number of hydrogen-bond acceptors (Lipinski definition) is 5. The van der Waals surface area contributed by atoms with Crippen LogP contribution in [0.15, 0.2) is 34.7 Å². The number of imide groups is 1. The molecule has 3 amide bonds. The van der Waals surface area contributed by atoms with E-state index in [1.165, 1.54) is 0 Å². The van der Waals surface area contributed by atoms with Crippen molar-refractivity contribution in [1.29, 1.82) is 0 Å². The lowest BCUT2D eigenvalue weighted by Crippen LogP contribution is -2.40. The van der Waals surface area contributed by atoms with Crippen LogP contribution in [0, 0.1) is 13.8 Å². The molecule has 136 valence electrons. The van der Waals surface area contributed by atoms with Gasteiger partial charge < -0.3 is 14.8 Å². The van der Waals surface area contributed by atoms with E-state index in [9.17, 15) is 19.5 Å². The van der Waals surface area contributed by atoms with Gasteiger partial charge in [-0.25, -0.2) is 0 Å². The van der Waals surface area contributed by atoms with E-state index >= 15 is 0 Å². The SMILES string of the molecule is Cc1cc(C(O)CCNC(=O)CN2C(=O)c3ccccc3C2=O)c(C)o1. The van der Waals surface area contributed by atoms with Crippen LogP contribution >= 0.6 is 0 Å². The van der Waals surface area contributed by atoms with Gasteiger partial charge in [0.2, 0.25) is 5.91 Å². The van der Waals surface area contributed by atoms with Gasteiger partial charge in [0, 0.05) is 12.1 Å². The molecule has 0 radical (unpaired) electrons. The molecule has 1 unspecified atom stereocenters. The van der Waals surface area contributed by atoms with Gasteiger partial charge in [-0.05, 0) is 38.5 Å². The lowest BCUT2D eigenvalue weighted by atomic mass is 10.1. The zero-order valence-corrected chi connectivity index (χ0v) is 14.6. The van der Waals surface area contributed by atoms with Gasteiger partial charge in [-0.1, -0.05) is 12.1 Å². The number of furan rings is 1.